The number of Topliss-reactive ketones (excluding diaryl/α,β-unsaturated/α-hetero) is 1. The molecular formula is C31H32ClNO8S. The third-order valence-electron chi connectivity index (χ3n) is 10.3. The number of aromatic hydroxyl groups is 2. The first-order valence-corrected chi connectivity index (χ1v) is 15.3. The van der Waals surface area contributed by atoms with Gasteiger partial charge in [0.05, 0.1) is 11.7 Å². The van der Waals surface area contributed by atoms with Gasteiger partial charge < -0.3 is 25.4 Å². The number of ether oxygens (including phenoxy) is 1. The van der Waals surface area contributed by atoms with Crippen LogP contribution in [-0.2, 0) is 14.3 Å². The molecule has 1 spiro atoms. The molecule has 2 aliphatic heterocycles. The second-order valence-electron chi connectivity index (χ2n) is 12.6. The highest BCUT2D eigenvalue weighted by atomic mass is 35.5. The Morgan fingerprint density at radius 2 is 1.83 bits per heavy atom. The molecule has 0 unspecified atom stereocenters. The molecule has 7 atom stereocenters. The van der Waals surface area contributed by atoms with Crippen LogP contribution in [0.25, 0.3) is 0 Å². The molecule has 11 heteroatoms. The number of halogens is 1. The molecule has 5 aliphatic rings. The number of benzene rings is 2. The van der Waals surface area contributed by atoms with Crippen molar-refractivity contribution in [2.45, 2.75) is 69.3 Å². The second-order valence-corrected chi connectivity index (χ2v) is 14.3. The van der Waals surface area contributed by atoms with Crippen LogP contribution in [0.4, 0.5) is 5.69 Å². The van der Waals surface area contributed by atoms with Crippen LogP contribution in [0.1, 0.15) is 73.1 Å². The number of anilines is 1. The first kappa shape index (κ1) is 29.0. The van der Waals surface area contributed by atoms with E-state index >= 15 is 0 Å². The summed E-state index contributed by atoms with van der Waals surface area (Å²) in [5.41, 5.74) is -1.81. The molecular weight excluding hydrogens is 582 g/mol. The van der Waals surface area contributed by atoms with Crippen LogP contribution in [0.5, 0.6) is 11.5 Å². The van der Waals surface area contributed by atoms with Gasteiger partial charge in [-0.05, 0) is 80.3 Å². The van der Waals surface area contributed by atoms with Crippen molar-refractivity contribution >= 4 is 51.8 Å². The minimum Gasteiger partial charge on any atom is -0.506 e. The van der Waals surface area contributed by atoms with Crippen molar-refractivity contribution in [2.24, 2.45) is 22.7 Å². The minimum atomic E-state index is -1.41. The number of ketones is 1. The quantitative estimate of drug-likeness (QED) is 0.290. The van der Waals surface area contributed by atoms with Crippen LogP contribution < -0.4 is 5.32 Å². The summed E-state index contributed by atoms with van der Waals surface area (Å²) in [6, 6.07) is 8.88. The van der Waals surface area contributed by atoms with Crippen molar-refractivity contribution in [3.05, 3.63) is 52.5 Å². The molecule has 0 aromatic heterocycles. The standard InChI is InChI=1S/C31H32ClNO8S/c1-29(10-9-23(36)33-24-19(34)8-7-18(25(24)37)27(38)39)21(35)12-22(42-28(40)15-3-5-17(32)6-4-15)31-13-16-11-20(26(29)31)41-30(16,2)14-31/h3-8,16,20,22,26,34,37H,9-14H2,1-2H3,(H,33,36)(H,38,39)/t16-,20-,22-,26-,29+,30-,31-/m0/s1. The molecule has 0 radical (unpaired) electrons. The molecule has 3 aliphatic carbocycles. The molecule has 7 rings (SSSR count). The van der Waals surface area contributed by atoms with Crippen molar-refractivity contribution in [1.29, 1.82) is 0 Å². The highest BCUT2D eigenvalue weighted by molar-refractivity contribution is 8.14. The third kappa shape index (κ3) is 4.41. The molecule has 42 heavy (non-hydrogen) atoms. The maximum Gasteiger partial charge on any atom is 0.339 e. The fourth-order valence-corrected chi connectivity index (χ4v) is 9.91. The zero-order chi connectivity index (χ0) is 30.2. The highest BCUT2D eigenvalue weighted by Gasteiger charge is 2.75. The Hall–Kier alpha value is -3.08. The fraction of sp³-hybridized carbons (Fsp3) is 0.484. The molecule has 3 saturated carbocycles. The topological polar surface area (TPSA) is 150 Å². The van der Waals surface area contributed by atoms with Gasteiger partial charge in [0.1, 0.15) is 22.8 Å². The number of phenolic OH excluding ortho intramolecular Hbond substituents is 1. The number of hydrogen-bond donors (Lipinski definition) is 4. The lowest BCUT2D eigenvalue weighted by atomic mass is 9.48. The van der Waals surface area contributed by atoms with Crippen LogP contribution in [0.3, 0.4) is 0 Å². The van der Waals surface area contributed by atoms with E-state index in [1.807, 2.05) is 6.92 Å². The predicted octanol–water partition coefficient (Wildman–Crippen LogP) is 5.66. The van der Waals surface area contributed by atoms with Gasteiger partial charge in [0.2, 0.25) is 11.0 Å². The molecule has 2 heterocycles. The number of carboxylic acids is 1. The van der Waals surface area contributed by atoms with Crippen molar-refractivity contribution in [2.75, 3.05) is 5.32 Å². The average molecular weight is 614 g/mol. The number of rotatable bonds is 7. The summed E-state index contributed by atoms with van der Waals surface area (Å²) in [6.07, 6.45) is 2.59. The van der Waals surface area contributed by atoms with E-state index in [1.165, 1.54) is 11.8 Å². The largest absolute Gasteiger partial charge is 0.506 e. The Bertz CT molecular complexity index is 1510. The maximum atomic E-state index is 14.0. The molecule has 9 nitrogen and oxygen atoms in total. The molecule has 2 aromatic rings. The number of aromatic carboxylic acids is 1. The Labute approximate surface area is 252 Å². The number of carbonyl (C=O) groups is 4. The second kappa shape index (κ2) is 9.99. The van der Waals surface area contributed by atoms with Gasteiger partial charge in [-0.25, -0.2) is 4.79 Å². The van der Waals surface area contributed by atoms with Gasteiger partial charge in [-0.2, -0.15) is 0 Å². The molecule has 222 valence electrons. The number of thioether (sulfide) groups is 1. The lowest BCUT2D eigenvalue weighted by molar-refractivity contribution is -0.189. The van der Waals surface area contributed by atoms with Gasteiger partial charge in [-0.3, -0.25) is 14.4 Å². The van der Waals surface area contributed by atoms with Crippen LogP contribution in [0, 0.1) is 22.7 Å². The molecule has 2 saturated heterocycles. The normalized spacial score (nSPS) is 34.3. The van der Waals surface area contributed by atoms with Crippen molar-refractivity contribution in [3.63, 3.8) is 0 Å². The molecule has 4 N–H and O–H groups in total. The number of carboxylic acid groups (broad SMARTS) is 1. The maximum absolute atomic E-state index is 14.0. The zero-order valence-corrected chi connectivity index (χ0v) is 24.8. The molecule has 2 aromatic carbocycles. The fourth-order valence-electron chi connectivity index (χ4n) is 8.46. The lowest BCUT2D eigenvalue weighted by Crippen LogP contribution is -2.63. The first-order valence-electron chi connectivity index (χ1n) is 14.0. The molecule has 5 fully saturated rings. The number of phenols is 2. The Kier molecular flexibility index (Phi) is 6.90. The van der Waals surface area contributed by atoms with E-state index in [1.54, 1.807) is 24.3 Å². The lowest BCUT2D eigenvalue weighted by Gasteiger charge is -2.60. The van der Waals surface area contributed by atoms with E-state index in [9.17, 15) is 34.5 Å². The predicted molar refractivity (Wildman–Crippen MR) is 156 cm³/mol. The summed E-state index contributed by atoms with van der Waals surface area (Å²) in [4.78, 5) is 51.8. The van der Waals surface area contributed by atoms with Crippen molar-refractivity contribution in [3.8, 4) is 11.5 Å². The van der Waals surface area contributed by atoms with Crippen LogP contribution in [0.15, 0.2) is 36.4 Å². The van der Waals surface area contributed by atoms with E-state index in [-0.39, 0.29) is 64.1 Å². The van der Waals surface area contributed by atoms with Crippen LogP contribution in [0.2, 0.25) is 5.02 Å². The Morgan fingerprint density at radius 1 is 1.12 bits per heavy atom. The minimum absolute atomic E-state index is 0.0200. The van der Waals surface area contributed by atoms with E-state index in [4.69, 9.17) is 16.3 Å². The number of nitrogens with one attached hydrogen (secondary N) is 1. The van der Waals surface area contributed by atoms with Crippen LogP contribution >= 0.6 is 23.4 Å². The summed E-state index contributed by atoms with van der Waals surface area (Å²) in [5, 5.41) is 32.4. The summed E-state index contributed by atoms with van der Waals surface area (Å²) >= 11 is 7.25. The number of carbonyl (C=O) groups excluding carboxylic acids is 3. The Morgan fingerprint density at radius 3 is 2.50 bits per heavy atom. The summed E-state index contributed by atoms with van der Waals surface area (Å²) < 4.78 is 6.58. The van der Waals surface area contributed by atoms with Gasteiger partial charge in [0.25, 0.3) is 0 Å². The third-order valence-corrected chi connectivity index (χ3v) is 11.9. The van der Waals surface area contributed by atoms with E-state index < -0.39 is 34.4 Å². The van der Waals surface area contributed by atoms with Gasteiger partial charge in [-0.1, -0.05) is 30.3 Å². The summed E-state index contributed by atoms with van der Waals surface area (Å²) in [6.45, 7) is 4.03. The molecule has 1 amide bonds. The SMILES string of the molecule is C[C@]12C[C@]34C[C@@H]1C[C@H](O2)[C@H]3[C@](C)(CCC(=O)Nc1c(O)ccc(C(=O)O)c1O)C(=O)C[C@@H]4SC(=O)c1ccc(Cl)cc1. The van der Waals surface area contributed by atoms with Gasteiger partial charge >= 0.3 is 5.97 Å². The summed E-state index contributed by atoms with van der Waals surface area (Å²) in [7, 11) is 0. The zero-order valence-electron chi connectivity index (χ0n) is 23.2. The smallest absolute Gasteiger partial charge is 0.339 e. The Balaban J connectivity index is 1.25. The van der Waals surface area contributed by atoms with E-state index in [0.717, 1.165) is 31.4 Å². The number of amides is 1. The molecule has 4 bridgehead atoms. The van der Waals surface area contributed by atoms with Gasteiger partial charge in [-0.15, -0.1) is 0 Å². The first-order chi connectivity index (χ1) is 19.8. The monoisotopic (exact) mass is 613 g/mol. The average Bonchev–Trinajstić information content (AvgIpc) is 3.30. The number of hydrogen-bond acceptors (Lipinski definition) is 8. The van der Waals surface area contributed by atoms with Crippen molar-refractivity contribution < 1.29 is 39.2 Å². The van der Waals surface area contributed by atoms with Crippen LogP contribution in [-0.4, -0.2) is 55.0 Å². The van der Waals surface area contributed by atoms with Crippen molar-refractivity contribution in [1.82, 2.24) is 0 Å². The van der Waals surface area contributed by atoms with Gasteiger partial charge in [0, 0.05) is 40.0 Å². The van der Waals surface area contributed by atoms with E-state index in [0.29, 0.717) is 16.5 Å². The highest BCUT2D eigenvalue weighted by Crippen LogP contribution is 2.74. The van der Waals surface area contributed by atoms with Gasteiger partial charge in [0.15, 0.2) is 5.75 Å². The summed E-state index contributed by atoms with van der Waals surface area (Å²) in [5.74, 6) is -3.05. The van der Waals surface area contributed by atoms with E-state index in [2.05, 4.69) is 12.2 Å².